The molecule has 26 heavy (non-hydrogen) atoms. The first-order chi connectivity index (χ1) is 12.1. The maximum Gasteiger partial charge on any atom is 0.241 e. The molecule has 1 heterocycles. The number of likely N-dealkylation sites (N-methyl/N-ethyl adjacent to an activating group) is 2. The number of sulfone groups is 1. The van der Waals surface area contributed by atoms with Crippen LogP contribution in [0.4, 0.5) is 4.39 Å². The van der Waals surface area contributed by atoms with E-state index < -0.39 is 21.7 Å². The number of hydrogen-bond donors (Lipinski definition) is 0. The Bertz CT molecular complexity index is 765. The maximum atomic E-state index is 12.9. The number of benzene rings is 1. The van der Waals surface area contributed by atoms with Crippen LogP contribution in [0.25, 0.3) is 0 Å². The van der Waals surface area contributed by atoms with E-state index in [2.05, 4.69) is 0 Å². The molecule has 0 radical (unpaired) electrons. The Kier molecular flexibility index (Phi) is 6.35. The summed E-state index contributed by atoms with van der Waals surface area (Å²) in [5, 5.41) is 0. The molecule has 0 unspecified atom stereocenters. The van der Waals surface area contributed by atoms with Crippen molar-refractivity contribution in [1.29, 1.82) is 0 Å². The quantitative estimate of drug-likeness (QED) is 0.678. The van der Waals surface area contributed by atoms with Gasteiger partial charge < -0.3 is 9.80 Å². The lowest BCUT2D eigenvalue weighted by Gasteiger charge is -2.39. The molecule has 1 aromatic rings. The summed E-state index contributed by atoms with van der Waals surface area (Å²) in [5.74, 6) is -1.27. The molecule has 1 saturated heterocycles. The van der Waals surface area contributed by atoms with Gasteiger partial charge in [0, 0.05) is 40.2 Å². The first kappa shape index (κ1) is 20.3. The van der Waals surface area contributed by atoms with Crippen LogP contribution in [0, 0.1) is 5.82 Å². The van der Waals surface area contributed by atoms with Gasteiger partial charge in [-0.1, -0.05) is 0 Å². The van der Waals surface area contributed by atoms with Crippen molar-refractivity contribution in [2.45, 2.75) is 17.4 Å². The number of nitrogens with zero attached hydrogens (tertiary/aromatic N) is 3. The number of carbonyl (C=O) groups is 2. The molecule has 2 amide bonds. The molecule has 7 nitrogen and oxygen atoms in total. The monoisotopic (exact) mass is 385 g/mol. The van der Waals surface area contributed by atoms with Gasteiger partial charge >= 0.3 is 0 Å². The van der Waals surface area contributed by atoms with Crippen LogP contribution in [-0.4, -0.2) is 87.5 Å². The topological polar surface area (TPSA) is 78.0 Å². The molecule has 0 spiro atoms. The van der Waals surface area contributed by atoms with E-state index in [0.717, 1.165) is 12.1 Å². The number of carbonyl (C=O) groups excluding carboxylic acids is 2. The average molecular weight is 385 g/mol. The van der Waals surface area contributed by atoms with E-state index in [0.29, 0.717) is 13.1 Å². The van der Waals surface area contributed by atoms with E-state index >= 15 is 0 Å². The molecule has 1 fully saturated rings. The average Bonchev–Trinajstić information content (AvgIpc) is 2.60. The molecule has 1 aliphatic heterocycles. The van der Waals surface area contributed by atoms with Gasteiger partial charge in [0.15, 0.2) is 9.84 Å². The highest BCUT2D eigenvalue weighted by Gasteiger charge is 2.33. The fraction of sp³-hybridized carbons (Fsp3) is 0.529. The molecule has 9 heteroatoms. The number of halogens is 1. The molecular weight excluding hydrogens is 361 g/mol. The Labute approximate surface area is 153 Å². The second-order valence-corrected chi connectivity index (χ2v) is 8.70. The summed E-state index contributed by atoms with van der Waals surface area (Å²) in [5.41, 5.74) is 0. The summed E-state index contributed by atoms with van der Waals surface area (Å²) >= 11 is 0. The van der Waals surface area contributed by atoms with Gasteiger partial charge in [0.25, 0.3) is 0 Å². The smallest absolute Gasteiger partial charge is 0.241 e. The molecule has 0 aliphatic carbocycles. The third kappa shape index (κ3) is 4.79. The Morgan fingerprint density at radius 1 is 1.19 bits per heavy atom. The Morgan fingerprint density at radius 2 is 1.81 bits per heavy atom. The fourth-order valence-corrected chi connectivity index (χ4v) is 4.03. The van der Waals surface area contributed by atoms with Gasteiger partial charge in [-0.2, -0.15) is 0 Å². The van der Waals surface area contributed by atoms with Crippen molar-refractivity contribution >= 4 is 21.7 Å². The van der Waals surface area contributed by atoms with Crippen molar-refractivity contribution < 1.29 is 22.4 Å². The summed E-state index contributed by atoms with van der Waals surface area (Å²) in [6, 6.07) is 4.10. The molecule has 144 valence electrons. The molecule has 2 rings (SSSR count). The predicted molar refractivity (Wildman–Crippen MR) is 94.8 cm³/mol. The molecule has 0 aromatic heterocycles. The van der Waals surface area contributed by atoms with Gasteiger partial charge in [0.1, 0.15) is 11.9 Å². The van der Waals surface area contributed by atoms with Gasteiger partial charge in [-0.15, -0.1) is 0 Å². The summed E-state index contributed by atoms with van der Waals surface area (Å²) in [6.07, 6.45) is -0.174. The zero-order chi connectivity index (χ0) is 19.5. The number of rotatable bonds is 5. The van der Waals surface area contributed by atoms with Crippen LogP contribution in [0.3, 0.4) is 0 Å². The minimum atomic E-state index is -3.66. The van der Waals surface area contributed by atoms with Crippen molar-refractivity contribution in [2.24, 2.45) is 0 Å². The van der Waals surface area contributed by atoms with Crippen LogP contribution in [0.1, 0.15) is 6.42 Å². The molecule has 1 aliphatic rings. The standard InChI is InChI=1S/C17H24FN3O4S/c1-19(2)17(23)15-12-21(10-9-20(15)3)16(22)8-11-26(24,25)14-6-4-13(18)5-7-14/h4-7,15H,8-12H2,1-3H3/t15-/m1/s1. The summed E-state index contributed by atoms with van der Waals surface area (Å²) < 4.78 is 37.5. The third-order valence-electron chi connectivity index (χ3n) is 4.48. The number of hydrogen-bond acceptors (Lipinski definition) is 5. The van der Waals surface area contributed by atoms with Gasteiger partial charge in [-0.25, -0.2) is 12.8 Å². The van der Waals surface area contributed by atoms with Crippen LogP contribution in [0.5, 0.6) is 0 Å². The molecule has 0 bridgehead atoms. The normalized spacial score (nSPS) is 18.6. The van der Waals surface area contributed by atoms with Crippen LogP contribution in [0.15, 0.2) is 29.2 Å². The minimum Gasteiger partial charge on any atom is -0.347 e. The van der Waals surface area contributed by atoms with Crippen molar-refractivity contribution in [3.63, 3.8) is 0 Å². The van der Waals surface area contributed by atoms with E-state index in [9.17, 15) is 22.4 Å². The van der Waals surface area contributed by atoms with Crippen molar-refractivity contribution in [2.75, 3.05) is 46.5 Å². The van der Waals surface area contributed by atoms with Crippen LogP contribution >= 0.6 is 0 Å². The molecule has 1 atom stereocenters. The first-order valence-electron chi connectivity index (χ1n) is 8.29. The zero-order valence-corrected chi connectivity index (χ0v) is 16.0. The van der Waals surface area contributed by atoms with Gasteiger partial charge in [0.2, 0.25) is 11.8 Å². The second-order valence-electron chi connectivity index (χ2n) is 6.59. The van der Waals surface area contributed by atoms with Crippen molar-refractivity contribution in [1.82, 2.24) is 14.7 Å². The SMILES string of the molecule is CN(C)C(=O)[C@H]1CN(C(=O)CCS(=O)(=O)c2ccc(F)cc2)CCN1C. The number of piperazine rings is 1. The lowest BCUT2D eigenvalue weighted by Crippen LogP contribution is -2.58. The first-order valence-corrected chi connectivity index (χ1v) is 9.94. The molecule has 0 N–H and O–H groups in total. The lowest BCUT2D eigenvalue weighted by atomic mass is 10.1. The lowest BCUT2D eigenvalue weighted by molar-refractivity contribution is -0.141. The van der Waals surface area contributed by atoms with E-state index in [1.165, 1.54) is 21.9 Å². The summed E-state index contributed by atoms with van der Waals surface area (Å²) in [6.45, 7) is 1.23. The van der Waals surface area contributed by atoms with E-state index in [4.69, 9.17) is 0 Å². The fourth-order valence-electron chi connectivity index (χ4n) is 2.80. The Balaban J connectivity index is 1.99. The van der Waals surface area contributed by atoms with Crippen LogP contribution < -0.4 is 0 Å². The largest absolute Gasteiger partial charge is 0.347 e. The zero-order valence-electron chi connectivity index (χ0n) is 15.2. The summed E-state index contributed by atoms with van der Waals surface area (Å²) in [7, 11) is 1.48. The van der Waals surface area contributed by atoms with Crippen molar-refractivity contribution in [3.8, 4) is 0 Å². The van der Waals surface area contributed by atoms with Gasteiger partial charge in [0.05, 0.1) is 10.6 Å². The van der Waals surface area contributed by atoms with Gasteiger partial charge in [-0.3, -0.25) is 14.5 Å². The van der Waals surface area contributed by atoms with Crippen molar-refractivity contribution in [3.05, 3.63) is 30.1 Å². The molecule has 1 aromatic carbocycles. The van der Waals surface area contributed by atoms with Crippen LogP contribution in [0.2, 0.25) is 0 Å². The second kappa shape index (κ2) is 8.13. The molecular formula is C17H24FN3O4S. The van der Waals surface area contributed by atoms with Gasteiger partial charge in [-0.05, 0) is 31.3 Å². The predicted octanol–water partition coefficient (Wildman–Crippen LogP) is 0.220. The highest BCUT2D eigenvalue weighted by molar-refractivity contribution is 7.91. The Hall–Kier alpha value is -2.00. The minimum absolute atomic E-state index is 0.00857. The maximum absolute atomic E-state index is 12.9. The van der Waals surface area contributed by atoms with E-state index in [-0.39, 0.29) is 35.4 Å². The van der Waals surface area contributed by atoms with E-state index in [1.807, 2.05) is 11.9 Å². The van der Waals surface area contributed by atoms with Crippen LogP contribution in [-0.2, 0) is 19.4 Å². The summed E-state index contributed by atoms with van der Waals surface area (Å²) in [4.78, 5) is 29.6. The van der Waals surface area contributed by atoms with E-state index in [1.54, 1.807) is 14.1 Å². The third-order valence-corrected chi connectivity index (χ3v) is 6.22. The molecule has 0 saturated carbocycles. The Morgan fingerprint density at radius 3 is 2.38 bits per heavy atom. The number of amides is 2. The highest BCUT2D eigenvalue weighted by atomic mass is 32.2. The highest BCUT2D eigenvalue weighted by Crippen LogP contribution is 2.15.